The minimum atomic E-state index is -0.146. The van der Waals surface area contributed by atoms with Gasteiger partial charge in [-0.3, -0.25) is 4.79 Å². The maximum atomic E-state index is 13.5. The number of methoxy groups -OCH3 is 1. The van der Waals surface area contributed by atoms with E-state index in [9.17, 15) is 9.90 Å². The summed E-state index contributed by atoms with van der Waals surface area (Å²) >= 11 is 0. The van der Waals surface area contributed by atoms with Gasteiger partial charge in [-0.05, 0) is 41.8 Å². The van der Waals surface area contributed by atoms with E-state index in [-0.39, 0.29) is 18.2 Å². The van der Waals surface area contributed by atoms with Crippen molar-refractivity contribution >= 4 is 22.4 Å². The lowest BCUT2D eigenvalue weighted by Gasteiger charge is -2.25. The normalized spacial score (nSPS) is 10.7. The standard InChI is InChI=1S/C25H21NO3/c1-29-21-15-13-19(14-16-21)25(28)26(17-20-8-3-5-12-24(20)27)23-11-6-9-18-7-2-4-10-22(18)23/h2-16,27H,17H2,1H3. The number of para-hydroxylation sites is 1. The molecule has 0 atom stereocenters. The van der Waals surface area contributed by atoms with E-state index in [1.54, 1.807) is 48.4 Å². The van der Waals surface area contributed by atoms with Crippen LogP contribution in [0.3, 0.4) is 0 Å². The molecular weight excluding hydrogens is 362 g/mol. The van der Waals surface area contributed by atoms with E-state index in [2.05, 4.69) is 0 Å². The van der Waals surface area contributed by atoms with Gasteiger partial charge in [-0.1, -0.05) is 54.6 Å². The molecule has 0 heterocycles. The first-order valence-corrected chi connectivity index (χ1v) is 9.38. The molecule has 0 bridgehead atoms. The van der Waals surface area contributed by atoms with Crippen molar-refractivity contribution in [3.8, 4) is 11.5 Å². The SMILES string of the molecule is COc1ccc(C(=O)N(Cc2ccccc2O)c2cccc3ccccc23)cc1. The van der Waals surface area contributed by atoms with Crippen molar-refractivity contribution in [2.75, 3.05) is 12.0 Å². The van der Waals surface area contributed by atoms with Crippen molar-refractivity contribution in [2.45, 2.75) is 6.54 Å². The maximum Gasteiger partial charge on any atom is 0.258 e. The largest absolute Gasteiger partial charge is 0.508 e. The highest BCUT2D eigenvalue weighted by Crippen LogP contribution is 2.31. The molecule has 0 aliphatic rings. The predicted octanol–water partition coefficient (Wildman–Crippen LogP) is 5.40. The number of amides is 1. The van der Waals surface area contributed by atoms with Crippen molar-refractivity contribution in [3.05, 3.63) is 102 Å². The summed E-state index contributed by atoms with van der Waals surface area (Å²) in [6, 6.07) is 28.0. The Balaban J connectivity index is 1.82. The molecule has 0 aromatic heterocycles. The number of benzene rings is 4. The minimum Gasteiger partial charge on any atom is -0.508 e. The summed E-state index contributed by atoms with van der Waals surface area (Å²) in [6.45, 7) is 0.255. The molecule has 0 unspecified atom stereocenters. The number of phenolic OH excluding ortho intramolecular Hbond substituents is 1. The Hall–Kier alpha value is -3.79. The van der Waals surface area contributed by atoms with E-state index in [4.69, 9.17) is 4.74 Å². The van der Waals surface area contributed by atoms with Crippen LogP contribution >= 0.6 is 0 Å². The summed E-state index contributed by atoms with van der Waals surface area (Å²) in [5.41, 5.74) is 2.03. The van der Waals surface area contributed by atoms with Crippen molar-refractivity contribution in [3.63, 3.8) is 0 Å². The summed E-state index contributed by atoms with van der Waals surface area (Å²) in [6.07, 6.45) is 0. The van der Waals surface area contributed by atoms with Gasteiger partial charge in [0.1, 0.15) is 11.5 Å². The highest BCUT2D eigenvalue weighted by molar-refractivity contribution is 6.10. The third-order valence-corrected chi connectivity index (χ3v) is 4.96. The van der Waals surface area contributed by atoms with Gasteiger partial charge in [0.05, 0.1) is 19.3 Å². The van der Waals surface area contributed by atoms with Crippen LogP contribution in [0.4, 0.5) is 5.69 Å². The smallest absolute Gasteiger partial charge is 0.258 e. The topological polar surface area (TPSA) is 49.8 Å². The molecule has 0 radical (unpaired) electrons. The number of ether oxygens (including phenoxy) is 1. The fourth-order valence-corrected chi connectivity index (χ4v) is 3.41. The Kier molecular flexibility index (Phi) is 5.16. The number of fused-ring (bicyclic) bond motifs is 1. The van der Waals surface area contributed by atoms with Gasteiger partial charge < -0.3 is 14.7 Å². The molecule has 4 aromatic carbocycles. The number of hydrogen-bond acceptors (Lipinski definition) is 3. The summed E-state index contributed by atoms with van der Waals surface area (Å²) in [7, 11) is 1.59. The van der Waals surface area contributed by atoms with Crippen molar-refractivity contribution < 1.29 is 14.6 Å². The number of phenols is 1. The van der Waals surface area contributed by atoms with E-state index in [0.29, 0.717) is 16.9 Å². The van der Waals surface area contributed by atoms with Gasteiger partial charge in [0.25, 0.3) is 5.91 Å². The Labute approximate surface area is 169 Å². The third kappa shape index (κ3) is 3.78. The fourth-order valence-electron chi connectivity index (χ4n) is 3.41. The second-order valence-corrected chi connectivity index (χ2v) is 6.75. The van der Waals surface area contributed by atoms with Crippen LogP contribution in [0.2, 0.25) is 0 Å². The van der Waals surface area contributed by atoms with Crippen LogP contribution < -0.4 is 9.64 Å². The number of anilines is 1. The molecule has 1 amide bonds. The van der Waals surface area contributed by atoms with Gasteiger partial charge >= 0.3 is 0 Å². The first-order valence-electron chi connectivity index (χ1n) is 9.38. The van der Waals surface area contributed by atoms with E-state index in [1.165, 1.54) is 0 Å². The van der Waals surface area contributed by atoms with E-state index >= 15 is 0 Å². The highest BCUT2D eigenvalue weighted by atomic mass is 16.5. The van der Waals surface area contributed by atoms with Gasteiger partial charge in [-0.15, -0.1) is 0 Å². The Morgan fingerprint density at radius 3 is 2.31 bits per heavy atom. The van der Waals surface area contributed by atoms with Crippen LogP contribution in [-0.4, -0.2) is 18.1 Å². The average molecular weight is 383 g/mol. The highest BCUT2D eigenvalue weighted by Gasteiger charge is 2.21. The number of aromatic hydroxyl groups is 1. The van der Waals surface area contributed by atoms with E-state index in [0.717, 1.165) is 16.5 Å². The number of carbonyl (C=O) groups excluding carboxylic acids is 1. The minimum absolute atomic E-state index is 0.146. The zero-order valence-corrected chi connectivity index (χ0v) is 16.1. The number of rotatable bonds is 5. The van der Waals surface area contributed by atoms with Gasteiger partial charge in [-0.25, -0.2) is 0 Å². The fraction of sp³-hybridized carbons (Fsp3) is 0.0800. The first-order chi connectivity index (χ1) is 14.2. The van der Waals surface area contributed by atoms with Crippen LogP contribution in [0.15, 0.2) is 91.0 Å². The van der Waals surface area contributed by atoms with Crippen LogP contribution in [0, 0.1) is 0 Å². The molecule has 0 spiro atoms. The number of hydrogen-bond donors (Lipinski definition) is 1. The molecule has 0 saturated carbocycles. The van der Waals surface area contributed by atoms with Gasteiger partial charge in [-0.2, -0.15) is 0 Å². The van der Waals surface area contributed by atoms with Crippen molar-refractivity contribution in [1.82, 2.24) is 0 Å². The second-order valence-electron chi connectivity index (χ2n) is 6.75. The summed E-state index contributed by atoms with van der Waals surface area (Å²) in [5, 5.41) is 12.3. The van der Waals surface area contributed by atoms with Crippen LogP contribution in [0.5, 0.6) is 11.5 Å². The van der Waals surface area contributed by atoms with Gasteiger partial charge in [0.15, 0.2) is 0 Å². The van der Waals surface area contributed by atoms with E-state index in [1.807, 2.05) is 54.6 Å². The zero-order chi connectivity index (χ0) is 20.2. The predicted molar refractivity (Wildman–Crippen MR) is 116 cm³/mol. The molecule has 144 valence electrons. The summed E-state index contributed by atoms with van der Waals surface area (Å²) in [5.74, 6) is 0.714. The lowest BCUT2D eigenvalue weighted by molar-refractivity contribution is 0.0985. The quantitative estimate of drug-likeness (QED) is 0.502. The first kappa shape index (κ1) is 18.6. The van der Waals surface area contributed by atoms with Gasteiger partial charge in [0, 0.05) is 16.5 Å². The van der Waals surface area contributed by atoms with E-state index < -0.39 is 0 Å². The molecule has 4 rings (SSSR count). The lowest BCUT2D eigenvalue weighted by atomic mass is 10.1. The van der Waals surface area contributed by atoms with Crippen molar-refractivity contribution in [2.24, 2.45) is 0 Å². The molecule has 29 heavy (non-hydrogen) atoms. The monoisotopic (exact) mass is 383 g/mol. The molecule has 0 saturated heterocycles. The average Bonchev–Trinajstić information content (AvgIpc) is 2.78. The number of nitrogens with zero attached hydrogens (tertiary/aromatic N) is 1. The van der Waals surface area contributed by atoms with Gasteiger partial charge in [0.2, 0.25) is 0 Å². The molecule has 1 N–H and O–H groups in total. The summed E-state index contributed by atoms with van der Waals surface area (Å²) in [4.78, 5) is 15.2. The lowest BCUT2D eigenvalue weighted by Crippen LogP contribution is -2.30. The molecule has 4 nitrogen and oxygen atoms in total. The Morgan fingerprint density at radius 1 is 0.862 bits per heavy atom. The number of carbonyl (C=O) groups is 1. The Bertz CT molecular complexity index is 1150. The van der Waals surface area contributed by atoms with Crippen molar-refractivity contribution in [1.29, 1.82) is 0 Å². The maximum absolute atomic E-state index is 13.5. The molecule has 0 aliphatic heterocycles. The van der Waals surface area contributed by atoms with Crippen LogP contribution in [0.1, 0.15) is 15.9 Å². The van der Waals surface area contributed by atoms with Crippen LogP contribution in [0.25, 0.3) is 10.8 Å². The van der Waals surface area contributed by atoms with Crippen LogP contribution in [-0.2, 0) is 6.54 Å². The molecule has 4 heteroatoms. The zero-order valence-electron chi connectivity index (χ0n) is 16.1. The third-order valence-electron chi connectivity index (χ3n) is 4.96. The summed E-state index contributed by atoms with van der Waals surface area (Å²) < 4.78 is 5.21. The molecule has 0 aliphatic carbocycles. The molecule has 0 fully saturated rings. The second kappa shape index (κ2) is 8.07. The molecular formula is C25H21NO3. The Morgan fingerprint density at radius 2 is 1.55 bits per heavy atom. The molecule has 4 aromatic rings.